The van der Waals surface area contributed by atoms with Crippen molar-refractivity contribution in [2.45, 2.75) is 13.1 Å². The Morgan fingerprint density at radius 3 is 2.62 bits per heavy atom. The summed E-state index contributed by atoms with van der Waals surface area (Å²) in [6, 6.07) is 3.90. The molecule has 4 rings (SSSR count). The minimum atomic E-state index is -4.55. The van der Waals surface area contributed by atoms with Crippen molar-refractivity contribution in [1.82, 2.24) is 25.1 Å². The molecule has 3 aromatic rings. The number of alkyl halides is 3. The van der Waals surface area contributed by atoms with Crippen molar-refractivity contribution in [1.29, 1.82) is 0 Å². The number of urea groups is 1. The van der Waals surface area contributed by atoms with Crippen LogP contribution in [0.5, 0.6) is 0 Å². The first-order valence-electron chi connectivity index (χ1n) is 11.8. The molecule has 0 bridgehead atoms. The first kappa shape index (κ1) is 26.6. The van der Waals surface area contributed by atoms with Crippen molar-refractivity contribution in [2.75, 3.05) is 57.7 Å². The van der Waals surface area contributed by atoms with Gasteiger partial charge in [0, 0.05) is 56.4 Å². The number of piperazine rings is 1. The van der Waals surface area contributed by atoms with Crippen molar-refractivity contribution in [3.8, 4) is 11.1 Å². The number of carbonyl (C=O) groups excluding carboxylic acids is 2. The molecule has 3 aromatic heterocycles. The molecule has 1 aliphatic heterocycles. The number of halogens is 3. The third kappa shape index (κ3) is 6.66. The van der Waals surface area contributed by atoms with E-state index in [1.807, 2.05) is 16.8 Å². The number of aromatic nitrogens is 2. The standard InChI is InChI=1S/C24H27F3N6O3S/c1-2-36-20(34)14-30-23(35)33-10-8-32(9-11-33)7-6-28-22-17-3-4-19(24(25,26)27)31-21(17)18(13-29-22)16-5-12-37-15-16/h3-5,12-13,15H,2,6-11,14H2,1H3,(H,28,29)(H,30,35). The van der Waals surface area contributed by atoms with E-state index in [2.05, 4.69) is 25.5 Å². The Morgan fingerprint density at radius 1 is 1.16 bits per heavy atom. The summed E-state index contributed by atoms with van der Waals surface area (Å²) in [7, 11) is 0. The quantitative estimate of drug-likeness (QED) is 0.424. The first-order chi connectivity index (χ1) is 17.8. The third-order valence-corrected chi connectivity index (χ3v) is 6.60. The monoisotopic (exact) mass is 536 g/mol. The van der Waals surface area contributed by atoms with E-state index in [1.54, 1.807) is 18.0 Å². The fraction of sp³-hybridized carbons (Fsp3) is 0.417. The Hall–Kier alpha value is -3.45. The molecule has 13 heteroatoms. The minimum absolute atomic E-state index is 0.164. The van der Waals surface area contributed by atoms with Gasteiger partial charge in [-0.25, -0.2) is 14.8 Å². The zero-order valence-corrected chi connectivity index (χ0v) is 21.0. The van der Waals surface area contributed by atoms with E-state index < -0.39 is 17.8 Å². The SMILES string of the molecule is CCOC(=O)CNC(=O)N1CCN(CCNc2ncc(-c3ccsc3)c3nc(C(F)(F)F)ccc23)CC1. The summed E-state index contributed by atoms with van der Waals surface area (Å²) in [5.74, 6) is -0.0120. The summed E-state index contributed by atoms with van der Waals surface area (Å²) in [5, 5.41) is 10.0. The smallest absolute Gasteiger partial charge is 0.433 e. The maximum absolute atomic E-state index is 13.3. The lowest BCUT2D eigenvalue weighted by atomic mass is 10.1. The Kier molecular flexibility index (Phi) is 8.44. The molecule has 9 nitrogen and oxygen atoms in total. The van der Waals surface area contributed by atoms with E-state index >= 15 is 0 Å². The highest BCUT2D eigenvalue weighted by Gasteiger charge is 2.33. The van der Waals surface area contributed by atoms with Gasteiger partial charge < -0.3 is 20.3 Å². The molecule has 2 N–H and O–H groups in total. The molecule has 0 spiro atoms. The number of amides is 2. The largest absolute Gasteiger partial charge is 0.465 e. The maximum atomic E-state index is 13.3. The number of nitrogens with zero attached hydrogens (tertiary/aromatic N) is 4. The zero-order valence-electron chi connectivity index (χ0n) is 20.2. The Balaban J connectivity index is 1.35. The Bertz CT molecular complexity index is 1230. The number of esters is 1. The number of nitrogens with one attached hydrogen (secondary N) is 2. The second-order valence-corrected chi connectivity index (χ2v) is 9.12. The van der Waals surface area contributed by atoms with Gasteiger partial charge in [-0.2, -0.15) is 24.5 Å². The predicted molar refractivity (Wildman–Crippen MR) is 134 cm³/mol. The lowest BCUT2D eigenvalue weighted by Crippen LogP contribution is -2.53. The van der Waals surface area contributed by atoms with Crippen LogP contribution in [0.15, 0.2) is 35.2 Å². The molecule has 1 saturated heterocycles. The summed E-state index contributed by atoms with van der Waals surface area (Å²) in [6.45, 7) is 5.28. The highest BCUT2D eigenvalue weighted by Crippen LogP contribution is 2.35. The van der Waals surface area contributed by atoms with Crippen molar-refractivity contribution < 1.29 is 27.5 Å². The second-order valence-electron chi connectivity index (χ2n) is 8.34. The van der Waals surface area contributed by atoms with Crippen molar-refractivity contribution in [3.63, 3.8) is 0 Å². The molecule has 0 atom stereocenters. The van der Waals surface area contributed by atoms with Crippen LogP contribution in [-0.4, -0.2) is 84.2 Å². The van der Waals surface area contributed by atoms with Crippen LogP contribution in [0.2, 0.25) is 0 Å². The lowest BCUT2D eigenvalue weighted by molar-refractivity contribution is -0.142. The van der Waals surface area contributed by atoms with E-state index in [9.17, 15) is 22.8 Å². The molecule has 1 aliphatic rings. The minimum Gasteiger partial charge on any atom is -0.465 e. The van der Waals surface area contributed by atoms with Gasteiger partial charge in [-0.1, -0.05) is 0 Å². The van der Waals surface area contributed by atoms with Crippen molar-refractivity contribution in [2.24, 2.45) is 0 Å². The van der Waals surface area contributed by atoms with Crippen LogP contribution in [0.1, 0.15) is 12.6 Å². The van der Waals surface area contributed by atoms with Crippen LogP contribution >= 0.6 is 11.3 Å². The van der Waals surface area contributed by atoms with Gasteiger partial charge in [-0.05, 0) is 41.4 Å². The topological polar surface area (TPSA) is 99.7 Å². The lowest BCUT2D eigenvalue weighted by Gasteiger charge is -2.34. The molecule has 198 valence electrons. The number of anilines is 1. The van der Waals surface area contributed by atoms with Gasteiger partial charge in [0.15, 0.2) is 0 Å². The molecule has 0 aliphatic carbocycles. The van der Waals surface area contributed by atoms with Gasteiger partial charge in [0.05, 0.1) is 12.1 Å². The highest BCUT2D eigenvalue weighted by molar-refractivity contribution is 7.08. The van der Waals surface area contributed by atoms with Crippen LogP contribution in [0, 0.1) is 0 Å². The maximum Gasteiger partial charge on any atom is 0.433 e. The molecule has 1 fully saturated rings. The Morgan fingerprint density at radius 2 is 1.95 bits per heavy atom. The fourth-order valence-electron chi connectivity index (χ4n) is 4.02. The third-order valence-electron chi connectivity index (χ3n) is 5.92. The van der Waals surface area contributed by atoms with Crippen molar-refractivity contribution >= 4 is 40.1 Å². The van der Waals surface area contributed by atoms with E-state index in [-0.39, 0.29) is 24.7 Å². The molecule has 37 heavy (non-hydrogen) atoms. The van der Waals surface area contributed by atoms with Crippen LogP contribution in [0.25, 0.3) is 22.0 Å². The van der Waals surface area contributed by atoms with Crippen LogP contribution in [-0.2, 0) is 15.7 Å². The molecule has 0 saturated carbocycles. The average molecular weight is 537 g/mol. The Labute approximate surface area is 215 Å². The molecule has 4 heterocycles. The normalized spacial score (nSPS) is 14.5. The summed E-state index contributed by atoms with van der Waals surface area (Å²) < 4.78 is 44.8. The number of hydrogen-bond acceptors (Lipinski definition) is 8. The highest BCUT2D eigenvalue weighted by atomic mass is 32.1. The summed E-state index contributed by atoms with van der Waals surface area (Å²) >= 11 is 1.45. The summed E-state index contributed by atoms with van der Waals surface area (Å²) in [4.78, 5) is 35.9. The van der Waals surface area contributed by atoms with Gasteiger partial charge in [-0.15, -0.1) is 0 Å². The molecule has 0 radical (unpaired) electrons. The number of ether oxygens (including phenoxy) is 1. The number of hydrogen-bond donors (Lipinski definition) is 2. The van der Waals surface area contributed by atoms with Crippen molar-refractivity contribution in [3.05, 3.63) is 40.8 Å². The van der Waals surface area contributed by atoms with Gasteiger partial charge >= 0.3 is 18.2 Å². The molecule has 0 aromatic carbocycles. The number of fused-ring (bicyclic) bond motifs is 1. The van der Waals surface area contributed by atoms with Gasteiger partial charge in [0.1, 0.15) is 18.1 Å². The van der Waals surface area contributed by atoms with Gasteiger partial charge in [-0.3, -0.25) is 9.69 Å². The van der Waals surface area contributed by atoms with Crippen LogP contribution in [0.4, 0.5) is 23.8 Å². The molecular weight excluding hydrogens is 509 g/mol. The van der Waals surface area contributed by atoms with E-state index in [4.69, 9.17) is 4.74 Å². The van der Waals surface area contributed by atoms with E-state index in [0.29, 0.717) is 56.0 Å². The number of pyridine rings is 2. The second kappa shape index (κ2) is 11.7. The molecular formula is C24H27F3N6O3S. The zero-order chi connectivity index (χ0) is 26.4. The molecule has 0 unspecified atom stereocenters. The van der Waals surface area contributed by atoms with Gasteiger partial charge in [0.2, 0.25) is 0 Å². The summed E-state index contributed by atoms with van der Waals surface area (Å²) in [5.41, 5.74) is 0.612. The first-order valence-corrected chi connectivity index (χ1v) is 12.7. The number of carbonyl (C=O) groups is 2. The number of thiophene rings is 1. The van der Waals surface area contributed by atoms with Crippen LogP contribution in [0.3, 0.4) is 0 Å². The summed E-state index contributed by atoms with van der Waals surface area (Å²) in [6.07, 6.45) is -3.00. The van der Waals surface area contributed by atoms with Gasteiger partial charge in [0.25, 0.3) is 0 Å². The fourth-order valence-corrected chi connectivity index (χ4v) is 4.68. The van der Waals surface area contributed by atoms with Crippen LogP contribution < -0.4 is 10.6 Å². The predicted octanol–water partition coefficient (Wildman–Crippen LogP) is 3.68. The van der Waals surface area contributed by atoms with E-state index in [0.717, 1.165) is 11.6 Å². The molecule has 2 amide bonds. The number of rotatable bonds is 8. The average Bonchev–Trinajstić information content (AvgIpc) is 3.42. The van der Waals surface area contributed by atoms with E-state index in [1.165, 1.54) is 17.4 Å².